The third kappa shape index (κ3) is 3.58. The molecule has 1 N–H and O–H groups in total. The van der Waals surface area contributed by atoms with Crippen LogP contribution >= 0.6 is 0 Å². The van der Waals surface area contributed by atoms with Crippen LogP contribution in [0.5, 0.6) is 17.2 Å². The van der Waals surface area contributed by atoms with Gasteiger partial charge in [0.05, 0.1) is 27.4 Å². The van der Waals surface area contributed by atoms with Gasteiger partial charge in [-0.2, -0.15) is 0 Å². The number of nitrogens with one attached hydrogen (secondary N) is 1. The first-order chi connectivity index (χ1) is 10.2. The second kappa shape index (κ2) is 7.17. The van der Waals surface area contributed by atoms with Crippen LogP contribution in [0.4, 0.5) is 0 Å². The van der Waals surface area contributed by atoms with E-state index in [1.165, 1.54) is 14.2 Å². The summed E-state index contributed by atoms with van der Waals surface area (Å²) in [6.07, 6.45) is 2.09. The molecule has 1 amide bonds. The minimum absolute atomic E-state index is 0.0872. The standard InChI is InChI=1S/C15H21NO5/c1-18-11-7-12(19-2)14(13(8-11)20-3)15(17)16-9-10-5-4-6-21-10/h7-8,10H,4-6,9H2,1-3H3,(H,16,17). The minimum Gasteiger partial charge on any atom is -0.496 e. The maximum atomic E-state index is 12.4. The SMILES string of the molecule is COc1cc(OC)c(C(=O)NCC2CCCO2)c(OC)c1. The maximum Gasteiger partial charge on any atom is 0.258 e. The summed E-state index contributed by atoms with van der Waals surface area (Å²) in [4.78, 5) is 12.4. The molecule has 1 aromatic rings. The fraction of sp³-hybridized carbons (Fsp3) is 0.533. The molecular formula is C15H21NO5. The fourth-order valence-corrected chi connectivity index (χ4v) is 2.33. The van der Waals surface area contributed by atoms with Crippen molar-refractivity contribution >= 4 is 5.91 Å². The van der Waals surface area contributed by atoms with Crippen LogP contribution in [0.25, 0.3) is 0 Å². The third-order valence-corrected chi connectivity index (χ3v) is 3.46. The summed E-state index contributed by atoms with van der Waals surface area (Å²) in [5.74, 6) is 1.15. The smallest absolute Gasteiger partial charge is 0.258 e. The Bertz CT molecular complexity index is 472. The Kier molecular flexibility index (Phi) is 5.27. The van der Waals surface area contributed by atoms with Crippen LogP contribution in [-0.4, -0.2) is 46.5 Å². The van der Waals surface area contributed by atoms with E-state index in [1.807, 2.05) is 0 Å². The lowest BCUT2D eigenvalue weighted by atomic mass is 10.1. The Balaban J connectivity index is 2.17. The average molecular weight is 295 g/mol. The van der Waals surface area contributed by atoms with Crippen molar-refractivity contribution in [1.82, 2.24) is 5.32 Å². The van der Waals surface area contributed by atoms with Gasteiger partial charge in [-0.05, 0) is 12.8 Å². The summed E-state index contributed by atoms with van der Waals surface area (Å²) in [5, 5.41) is 2.86. The Morgan fingerprint density at radius 2 is 1.90 bits per heavy atom. The molecule has 21 heavy (non-hydrogen) atoms. The molecule has 1 aliphatic heterocycles. The molecule has 2 rings (SSSR count). The highest BCUT2D eigenvalue weighted by Gasteiger charge is 2.22. The first-order valence-corrected chi connectivity index (χ1v) is 6.89. The van der Waals surface area contributed by atoms with Crippen molar-refractivity contribution in [2.45, 2.75) is 18.9 Å². The summed E-state index contributed by atoms with van der Waals surface area (Å²) in [6.45, 7) is 1.24. The van der Waals surface area contributed by atoms with Crippen molar-refractivity contribution < 1.29 is 23.7 Å². The minimum atomic E-state index is -0.248. The highest BCUT2D eigenvalue weighted by Crippen LogP contribution is 2.33. The van der Waals surface area contributed by atoms with Crippen molar-refractivity contribution in [3.8, 4) is 17.2 Å². The van der Waals surface area contributed by atoms with Crippen molar-refractivity contribution in [2.24, 2.45) is 0 Å². The molecular weight excluding hydrogens is 274 g/mol. The Labute approximate surface area is 124 Å². The Morgan fingerprint density at radius 1 is 1.24 bits per heavy atom. The predicted octanol–water partition coefficient (Wildman–Crippen LogP) is 1.62. The van der Waals surface area contributed by atoms with Gasteiger partial charge in [-0.3, -0.25) is 4.79 Å². The number of hydrogen-bond acceptors (Lipinski definition) is 5. The average Bonchev–Trinajstić information content (AvgIpc) is 3.04. The van der Waals surface area contributed by atoms with Crippen molar-refractivity contribution in [1.29, 1.82) is 0 Å². The largest absolute Gasteiger partial charge is 0.496 e. The lowest BCUT2D eigenvalue weighted by Crippen LogP contribution is -2.32. The second-order valence-electron chi connectivity index (χ2n) is 4.75. The predicted molar refractivity (Wildman–Crippen MR) is 77.4 cm³/mol. The van der Waals surface area contributed by atoms with Crippen molar-refractivity contribution in [3.05, 3.63) is 17.7 Å². The molecule has 0 aliphatic carbocycles. The number of rotatable bonds is 6. The lowest BCUT2D eigenvalue weighted by Gasteiger charge is -2.16. The fourth-order valence-electron chi connectivity index (χ4n) is 2.33. The number of hydrogen-bond donors (Lipinski definition) is 1. The Hall–Kier alpha value is -1.95. The van der Waals surface area contributed by atoms with Crippen LogP contribution in [0.3, 0.4) is 0 Å². The van der Waals surface area contributed by atoms with Crippen LogP contribution in [-0.2, 0) is 4.74 Å². The zero-order valence-electron chi connectivity index (χ0n) is 12.6. The van der Waals surface area contributed by atoms with Gasteiger partial charge in [0.1, 0.15) is 22.8 Å². The molecule has 116 valence electrons. The number of amides is 1. The van der Waals surface area contributed by atoms with E-state index in [9.17, 15) is 4.79 Å². The van der Waals surface area contributed by atoms with E-state index < -0.39 is 0 Å². The van der Waals surface area contributed by atoms with E-state index in [-0.39, 0.29) is 12.0 Å². The second-order valence-corrected chi connectivity index (χ2v) is 4.75. The monoisotopic (exact) mass is 295 g/mol. The van der Waals surface area contributed by atoms with Crippen LogP contribution in [0.2, 0.25) is 0 Å². The molecule has 1 aromatic carbocycles. The molecule has 0 bridgehead atoms. The normalized spacial score (nSPS) is 17.4. The van der Waals surface area contributed by atoms with Gasteiger partial charge in [0.15, 0.2) is 0 Å². The van der Waals surface area contributed by atoms with E-state index in [1.54, 1.807) is 19.2 Å². The highest BCUT2D eigenvalue weighted by molar-refractivity contribution is 6.00. The summed E-state index contributed by atoms with van der Waals surface area (Å²) in [5.41, 5.74) is 0.360. The summed E-state index contributed by atoms with van der Waals surface area (Å²) >= 11 is 0. The van der Waals surface area contributed by atoms with Gasteiger partial charge in [0, 0.05) is 25.3 Å². The molecule has 0 spiro atoms. The van der Waals surface area contributed by atoms with Crippen molar-refractivity contribution in [3.63, 3.8) is 0 Å². The zero-order valence-corrected chi connectivity index (χ0v) is 12.6. The first kappa shape index (κ1) is 15.4. The highest BCUT2D eigenvalue weighted by atomic mass is 16.5. The van der Waals surface area contributed by atoms with Gasteiger partial charge >= 0.3 is 0 Å². The Morgan fingerprint density at radius 3 is 2.38 bits per heavy atom. The number of carbonyl (C=O) groups is 1. The maximum absolute atomic E-state index is 12.4. The van der Waals surface area contributed by atoms with E-state index in [4.69, 9.17) is 18.9 Å². The van der Waals surface area contributed by atoms with E-state index in [2.05, 4.69) is 5.32 Å². The summed E-state index contributed by atoms with van der Waals surface area (Å²) in [7, 11) is 4.56. The van der Waals surface area contributed by atoms with Gasteiger partial charge < -0.3 is 24.3 Å². The molecule has 6 heteroatoms. The molecule has 0 saturated carbocycles. The van der Waals surface area contributed by atoms with Crippen LogP contribution in [0.15, 0.2) is 12.1 Å². The lowest BCUT2D eigenvalue weighted by molar-refractivity contribution is 0.0852. The van der Waals surface area contributed by atoms with E-state index in [0.29, 0.717) is 29.4 Å². The van der Waals surface area contributed by atoms with Crippen LogP contribution in [0.1, 0.15) is 23.2 Å². The number of ether oxygens (including phenoxy) is 4. The molecule has 1 unspecified atom stereocenters. The van der Waals surface area contributed by atoms with E-state index >= 15 is 0 Å². The quantitative estimate of drug-likeness (QED) is 0.864. The van der Waals surface area contributed by atoms with Crippen molar-refractivity contribution in [2.75, 3.05) is 34.5 Å². The molecule has 0 radical (unpaired) electrons. The molecule has 1 saturated heterocycles. The molecule has 0 aromatic heterocycles. The molecule has 1 heterocycles. The van der Waals surface area contributed by atoms with Gasteiger partial charge in [-0.1, -0.05) is 0 Å². The zero-order chi connectivity index (χ0) is 15.2. The molecule has 6 nitrogen and oxygen atoms in total. The van der Waals surface area contributed by atoms with Gasteiger partial charge in [-0.25, -0.2) is 0 Å². The third-order valence-electron chi connectivity index (χ3n) is 3.46. The summed E-state index contributed by atoms with van der Waals surface area (Å²) in [6, 6.07) is 3.31. The van der Waals surface area contributed by atoms with Gasteiger partial charge in [0.2, 0.25) is 0 Å². The topological polar surface area (TPSA) is 66.0 Å². The molecule has 1 aliphatic rings. The first-order valence-electron chi connectivity index (χ1n) is 6.89. The van der Waals surface area contributed by atoms with Crippen LogP contribution < -0.4 is 19.5 Å². The van der Waals surface area contributed by atoms with Gasteiger partial charge in [-0.15, -0.1) is 0 Å². The summed E-state index contributed by atoms with van der Waals surface area (Å²) < 4.78 is 21.2. The van der Waals surface area contributed by atoms with Gasteiger partial charge in [0.25, 0.3) is 5.91 Å². The number of carbonyl (C=O) groups excluding carboxylic acids is 1. The number of methoxy groups -OCH3 is 3. The molecule has 1 atom stereocenters. The van der Waals surface area contributed by atoms with E-state index in [0.717, 1.165) is 19.4 Å². The van der Waals surface area contributed by atoms with Crippen LogP contribution in [0, 0.1) is 0 Å². The number of benzene rings is 1. The molecule has 1 fully saturated rings.